The van der Waals surface area contributed by atoms with Crippen molar-refractivity contribution in [3.8, 4) is 0 Å². The molecule has 14 heavy (non-hydrogen) atoms. The highest BCUT2D eigenvalue weighted by atomic mass is 16.5. The Balaban J connectivity index is 2.30. The molecule has 1 saturated carbocycles. The first kappa shape index (κ1) is 12.0. The van der Waals surface area contributed by atoms with Crippen LogP contribution in [0.25, 0.3) is 0 Å². The molecule has 84 valence electrons. The van der Waals surface area contributed by atoms with Gasteiger partial charge in [0.1, 0.15) is 0 Å². The fourth-order valence-electron chi connectivity index (χ4n) is 2.15. The van der Waals surface area contributed by atoms with Crippen molar-refractivity contribution in [2.45, 2.75) is 46.1 Å². The van der Waals surface area contributed by atoms with Crippen molar-refractivity contribution in [2.75, 3.05) is 20.3 Å². The second-order valence-electron chi connectivity index (χ2n) is 5.68. The fourth-order valence-corrected chi connectivity index (χ4v) is 2.15. The van der Waals surface area contributed by atoms with Gasteiger partial charge in [0.05, 0.1) is 6.61 Å². The molecule has 0 bridgehead atoms. The first-order valence-electron chi connectivity index (χ1n) is 5.67. The van der Waals surface area contributed by atoms with Gasteiger partial charge in [0.2, 0.25) is 0 Å². The van der Waals surface area contributed by atoms with E-state index in [0.29, 0.717) is 5.41 Å². The van der Waals surface area contributed by atoms with Crippen LogP contribution in [0.1, 0.15) is 40.5 Å². The molecule has 0 saturated heterocycles. The van der Waals surface area contributed by atoms with Gasteiger partial charge in [0.15, 0.2) is 0 Å². The Labute approximate surface area is 88.4 Å². The Kier molecular flexibility index (Phi) is 3.59. The van der Waals surface area contributed by atoms with E-state index in [4.69, 9.17) is 4.74 Å². The van der Waals surface area contributed by atoms with Crippen LogP contribution in [0, 0.1) is 11.3 Å². The molecule has 1 aliphatic rings. The van der Waals surface area contributed by atoms with Crippen LogP contribution in [-0.2, 0) is 4.74 Å². The van der Waals surface area contributed by atoms with E-state index in [1.54, 1.807) is 0 Å². The Bertz CT molecular complexity index is 185. The zero-order chi connectivity index (χ0) is 10.8. The summed E-state index contributed by atoms with van der Waals surface area (Å²) >= 11 is 0. The van der Waals surface area contributed by atoms with E-state index < -0.39 is 0 Å². The van der Waals surface area contributed by atoms with Crippen LogP contribution >= 0.6 is 0 Å². The first-order valence-corrected chi connectivity index (χ1v) is 5.67. The molecule has 1 rings (SSSR count). The number of ether oxygens (including phenoxy) is 1. The van der Waals surface area contributed by atoms with Crippen LogP contribution in [-0.4, -0.2) is 25.8 Å². The van der Waals surface area contributed by atoms with Crippen LogP contribution in [0.2, 0.25) is 0 Å². The van der Waals surface area contributed by atoms with Gasteiger partial charge in [0.25, 0.3) is 0 Å². The summed E-state index contributed by atoms with van der Waals surface area (Å²) in [5.74, 6) is 0.826. The van der Waals surface area contributed by atoms with Crippen molar-refractivity contribution < 1.29 is 4.74 Å². The molecule has 0 spiro atoms. The Morgan fingerprint density at radius 2 is 2.07 bits per heavy atom. The minimum atomic E-state index is 0.245. The molecule has 1 fully saturated rings. The van der Waals surface area contributed by atoms with E-state index >= 15 is 0 Å². The normalized spacial score (nSPS) is 31.9. The van der Waals surface area contributed by atoms with Crippen LogP contribution in [0.15, 0.2) is 0 Å². The molecule has 0 aromatic carbocycles. The third kappa shape index (κ3) is 2.96. The van der Waals surface area contributed by atoms with E-state index in [1.165, 1.54) is 12.8 Å². The van der Waals surface area contributed by atoms with Gasteiger partial charge in [-0.3, -0.25) is 0 Å². The second-order valence-corrected chi connectivity index (χ2v) is 5.68. The van der Waals surface area contributed by atoms with Crippen molar-refractivity contribution in [1.29, 1.82) is 0 Å². The minimum absolute atomic E-state index is 0.245. The predicted molar refractivity (Wildman–Crippen MR) is 60.5 cm³/mol. The molecule has 0 aliphatic heterocycles. The molecular formula is C12H25NO. The molecule has 1 aliphatic carbocycles. The van der Waals surface area contributed by atoms with Crippen LogP contribution in [0.3, 0.4) is 0 Å². The maximum atomic E-state index is 5.29. The number of rotatable bonds is 5. The number of hydrogen-bond donors (Lipinski definition) is 1. The smallest absolute Gasteiger partial charge is 0.0521 e. The lowest BCUT2D eigenvalue weighted by atomic mass is 10.0. The minimum Gasteiger partial charge on any atom is -0.384 e. The van der Waals surface area contributed by atoms with E-state index in [1.807, 2.05) is 7.11 Å². The fraction of sp³-hybridized carbons (Fsp3) is 1.00. The average molecular weight is 199 g/mol. The Morgan fingerprint density at radius 1 is 1.43 bits per heavy atom. The molecular weight excluding hydrogens is 174 g/mol. The van der Waals surface area contributed by atoms with Gasteiger partial charge < -0.3 is 10.1 Å². The third-order valence-corrected chi connectivity index (χ3v) is 3.37. The summed E-state index contributed by atoms with van der Waals surface area (Å²) in [5, 5.41) is 3.58. The summed E-state index contributed by atoms with van der Waals surface area (Å²) in [6.45, 7) is 11.0. The Hall–Kier alpha value is -0.0800. The maximum Gasteiger partial charge on any atom is 0.0521 e. The summed E-state index contributed by atoms with van der Waals surface area (Å²) in [6.07, 6.45) is 2.58. The lowest BCUT2D eigenvalue weighted by Gasteiger charge is -2.22. The van der Waals surface area contributed by atoms with Gasteiger partial charge >= 0.3 is 0 Å². The van der Waals surface area contributed by atoms with Crippen molar-refractivity contribution in [3.05, 3.63) is 0 Å². The molecule has 2 atom stereocenters. The SMILES string of the molecule is CCC1(COC)CC1CNC(C)(C)C. The van der Waals surface area contributed by atoms with Crippen molar-refractivity contribution in [1.82, 2.24) is 5.32 Å². The van der Waals surface area contributed by atoms with Crippen molar-refractivity contribution in [3.63, 3.8) is 0 Å². The van der Waals surface area contributed by atoms with Gasteiger partial charge in [-0.15, -0.1) is 0 Å². The van der Waals surface area contributed by atoms with Crippen LogP contribution in [0.5, 0.6) is 0 Å². The molecule has 2 unspecified atom stereocenters. The van der Waals surface area contributed by atoms with Crippen LogP contribution < -0.4 is 5.32 Å². The molecule has 0 aromatic heterocycles. The molecule has 0 aromatic rings. The van der Waals surface area contributed by atoms with Crippen molar-refractivity contribution >= 4 is 0 Å². The summed E-state index contributed by atoms with van der Waals surface area (Å²) in [5.41, 5.74) is 0.738. The van der Waals surface area contributed by atoms with Crippen molar-refractivity contribution in [2.24, 2.45) is 11.3 Å². The molecule has 0 radical (unpaired) electrons. The standard InChI is InChI=1S/C12H25NO/c1-6-12(9-14-5)7-10(12)8-13-11(2,3)4/h10,13H,6-9H2,1-5H3. The monoisotopic (exact) mass is 199 g/mol. The van der Waals surface area contributed by atoms with E-state index in [9.17, 15) is 0 Å². The van der Waals surface area contributed by atoms with Gasteiger partial charge in [-0.2, -0.15) is 0 Å². The molecule has 1 N–H and O–H groups in total. The summed E-state index contributed by atoms with van der Waals surface area (Å²) < 4.78 is 5.29. The average Bonchev–Trinajstić information content (AvgIpc) is 2.76. The van der Waals surface area contributed by atoms with Gasteiger partial charge in [-0.05, 0) is 51.5 Å². The summed E-state index contributed by atoms with van der Waals surface area (Å²) in [4.78, 5) is 0. The quantitative estimate of drug-likeness (QED) is 0.734. The molecule has 2 nitrogen and oxygen atoms in total. The van der Waals surface area contributed by atoms with E-state index in [0.717, 1.165) is 19.1 Å². The zero-order valence-electron chi connectivity index (χ0n) is 10.3. The number of methoxy groups -OCH3 is 1. The van der Waals surface area contributed by atoms with Crippen LogP contribution in [0.4, 0.5) is 0 Å². The molecule has 0 amide bonds. The first-order chi connectivity index (χ1) is 6.43. The predicted octanol–water partition coefficient (Wildman–Crippen LogP) is 2.44. The lowest BCUT2D eigenvalue weighted by Crippen LogP contribution is -2.38. The summed E-state index contributed by atoms with van der Waals surface area (Å²) in [6, 6.07) is 0. The van der Waals surface area contributed by atoms with Gasteiger partial charge in [-0.25, -0.2) is 0 Å². The Morgan fingerprint density at radius 3 is 2.50 bits per heavy atom. The summed E-state index contributed by atoms with van der Waals surface area (Å²) in [7, 11) is 1.81. The second kappa shape index (κ2) is 4.19. The zero-order valence-corrected chi connectivity index (χ0v) is 10.3. The largest absolute Gasteiger partial charge is 0.384 e. The number of hydrogen-bond acceptors (Lipinski definition) is 2. The van der Waals surface area contributed by atoms with Gasteiger partial charge in [0, 0.05) is 12.6 Å². The third-order valence-electron chi connectivity index (χ3n) is 3.37. The highest BCUT2D eigenvalue weighted by Gasteiger charge is 2.52. The van der Waals surface area contributed by atoms with E-state index in [-0.39, 0.29) is 5.54 Å². The lowest BCUT2D eigenvalue weighted by molar-refractivity contribution is 0.128. The number of nitrogens with one attached hydrogen (secondary N) is 1. The van der Waals surface area contributed by atoms with E-state index in [2.05, 4.69) is 33.0 Å². The molecule has 0 heterocycles. The molecule has 2 heteroatoms. The topological polar surface area (TPSA) is 21.3 Å². The highest BCUT2D eigenvalue weighted by Crippen LogP contribution is 2.54. The van der Waals surface area contributed by atoms with Gasteiger partial charge in [-0.1, -0.05) is 6.92 Å². The highest BCUT2D eigenvalue weighted by molar-refractivity contribution is 5.02. The maximum absolute atomic E-state index is 5.29.